The number of ether oxygens (including phenoxy) is 1. The van der Waals surface area contributed by atoms with Gasteiger partial charge in [-0.15, -0.1) is 0 Å². The van der Waals surface area contributed by atoms with Gasteiger partial charge in [0.25, 0.3) is 5.91 Å². The molecule has 0 bridgehead atoms. The number of fused-ring (bicyclic) bond motifs is 1. The van der Waals surface area contributed by atoms with Crippen molar-refractivity contribution in [2.75, 3.05) is 6.61 Å². The molecule has 2 N–H and O–H groups in total. The fraction of sp³-hybridized carbons (Fsp3) is 0.583. The second-order valence-electron chi connectivity index (χ2n) is 4.90. The average Bonchev–Trinajstić information content (AvgIpc) is 3.02. The van der Waals surface area contributed by atoms with Crippen LogP contribution in [0.25, 0.3) is 0 Å². The maximum absolute atomic E-state index is 11.9. The Morgan fingerprint density at radius 1 is 1.37 bits per heavy atom. The van der Waals surface area contributed by atoms with Crippen LogP contribution in [-0.4, -0.2) is 41.8 Å². The van der Waals surface area contributed by atoms with E-state index in [0.717, 1.165) is 6.42 Å². The molecule has 0 spiro atoms. The number of hydrogen-bond donors (Lipinski definition) is 2. The van der Waals surface area contributed by atoms with Crippen LogP contribution in [0.1, 0.15) is 23.8 Å². The molecule has 7 heteroatoms. The Hall–Kier alpha value is -1.89. The van der Waals surface area contributed by atoms with E-state index in [1.165, 1.54) is 19.3 Å². The van der Waals surface area contributed by atoms with Crippen molar-refractivity contribution in [2.45, 2.75) is 31.5 Å². The van der Waals surface area contributed by atoms with Crippen molar-refractivity contribution in [2.24, 2.45) is 5.92 Å². The molecule has 3 rings (SSSR count). The zero-order chi connectivity index (χ0) is 13.4. The highest BCUT2D eigenvalue weighted by Gasteiger charge is 2.55. The first-order valence-corrected chi connectivity index (χ1v) is 6.27. The molecule has 2 fully saturated rings. The van der Waals surface area contributed by atoms with Gasteiger partial charge in [-0.3, -0.25) is 9.59 Å². The largest absolute Gasteiger partial charge is 0.376 e. The predicted molar refractivity (Wildman–Crippen MR) is 63.2 cm³/mol. The normalized spacial score (nSPS) is 32.3. The van der Waals surface area contributed by atoms with Crippen molar-refractivity contribution in [3.8, 4) is 0 Å². The van der Waals surface area contributed by atoms with E-state index in [1.54, 1.807) is 0 Å². The van der Waals surface area contributed by atoms with E-state index in [2.05, 4.69) is 20.3 Å². The minimum atomic E-state index is -0.292. The van der Waals surface area contributed by atoms with E-state index in [1.807, 2.05) is 0 Å². The number of rotatable bonds is 3. The first-order valence-electron chi connectivity index (χ1n) is 6.27. The highest BCUT2D eigenvalue weighted by molar-refractivity contribution is 5.92. The van der Waals surface area contributed by atoms with Crippen molar-refractivity contribution in [3.63, 3.8) is 0 Å². The van der Waals surface area contributed by atoms with Gasteiger partial charge < -0.3 is 19.9 Å². The van der Waals surface area contributed by atoms with Crippen LogP contribution >= 0.6 is 0 Å². The van der Waals surface area contributed by atoms with Crippen molar-refractivity contribution >= 4 is 11.8 Å². The molecular formula is C12H15N3O4. The molecule has 0 radical (unpaired) electrons. The molecule has 2 aliphatic rings. The fourth-order valence-electron chi connectivity index (χ4n) is 2.87. The molecular weight excluding hydrogens is 250 g/mol. The van der Waals surface area contributed by atoms with Gasteiger partial charge in [-0.1, -0.05) is 5.16 Å². The maximum Gasteiger partial charge on any atom is 0.273 e. The Balaban J connectivity index is 1.68. The van der Waals surface area contributed by atoms with E-state index in [9.17, 15) is 9.59 Å². The van der Waals surface area contributed by atoms with Crippen LogP contribution in [-0.2, 0) is 9.53 Å². The van der Waals surface area contributed by atoms with Gasteiger partial charge >= 0.3 is 0 Å². The Bertz CT molecular complexity index is 487. The Morgan fingerprint density at radius 2 is 2.21 bits per heavy atom. The van der Waals surface area contributed by atoms with E-state index in [0.29, 0.717) is 6.61 Å². The predicted octanol–water partition coefficient (Wildman–Crippen LogP) is -0.304. The third kappa shape index (κ3) is 2.10. The first kappa shape index (κ1) is 12.2. The van der Waals surface area contributed by atoms with Crippen LogP contribution in [0.4, 0.5) is 0 Å². The molecule has 1 saturated carbocycles. The Kier molecular flexibility index (Phi) is 2.98. The first-order chi connectivity index (χ1) is 9.16. The SMILES string of the molecule is CC(=O)N[C@@H]1[C@@H](NC(=O)c2ccon2)[C@H]2CCO[C@H]21. The highest BCUT2D eigenvalue weighted by atomic mass is 16.5. The minimum Gasteiger partial charge on any atom is -0.376 e. The fourth-order valence-corrected chi connectivity index (χ4v) is 2.87. The van der Waals surface area contributed by atoms with Gasteiger partial charge in [-0.2, -0.15) is 0 Å². The summed E-state index contributed by atoms with van der Waals surface area (Å²) in [5.74, 6) is -0.160. The number of hydrogen-bond acceptors (Lipinski definition) is 5. The summed E-state index contributed by atoms with van der Waals surface area (Å²) in [6.07, 6.45) is 2.25. The zero-order valence-corrected chi connectivity index (χ0v) is 10.5. The van der Waals surface area contributed by atoms with E-state index >= 15 is 0 Å². The minimum absolute atomic E-state index is 0.00603. The summed E-state index contributed by atoms with van der Waals surface area (Å²) in [7, 11) is 0. The van der Waals surface area contributed by atoms with Gasteiger partial charge in [0.05, 0.1) is 18.2 Å². The van der Waals surface area contributed by atoms with Crippen LogP contribution in [0.15, 0.2) is 16.9 Å². The molecule has 1 saturated heterocycles. The second kappa shape index (κ2) is 4.65. The van der Waals surface area contributed by atoms with Gasteiger partial charge in [0, 0.05) is 25.5 Å². The van der Waals surface area contributed by atoms with E-state index in [4.69, 9.17) is 4.74 Å². The average molecular weight is 265 g/mol. The van der Waals surface area contributed by atoms with Gasteiger partial charge in [-0.05, 0) is 6.42 Å². The molecule has 1 aliphatic carbocycles. The third-order valence-electron chi connectivity index (χ3n) is 3.72. The molecule has 2 amide bonds. The number of nitrogens with zero attached hydrogens (tertiary/aromatic N) is 1. The molecule has 1 aromatic rings. The van der Waals surface area contributed by atoms with Crippen molar-refractivity contribution in [3.05, 3.63) is 18.0 Å². The summed E-state index contributed by atoms with van der Waals surface area (Å²) < 4.78 is 10.2. The molecule has 19 heavy (non-hydrogen) atoms. The summed E-state index contributed by atoms with van der Waals surface area (Å²) >= 11 is 0. The summed E-state index contributed by atoms with van der Waals surface area (Å²) in [5.41, 5.74) is 0.240. The molecule has 0 unspecified atom stereocenters. The standard InChI is InChI=1S/C12H15N3O4/c1-6(16)13-10-9(7-2-4-18-11(7)10)14-12(17)8-3-5-19-15-8/h3,5,7,9-11H,2,4H2,1H3,(H,13,16)(H,14,17)/t7-,9+,10-,11-/m1/s1. The van der Waals surface area contributed by atoms with Crippen molar-refractivity contribution in [1.29, 1.82) is 0 Å². The lowest BCUT2D eigenvalue weighted by Crippen LogP contribution is -2.70. The molecule has 2 heterocycles. The smallest absolute Gasteiger partial charge is 0.273 e. The van der Waals surface area contributed by atoms with Crippen LogP contribution in [0.3, 0.4) is 0 Å². The molecule has 102 valence electrons. The molecule has 1 aliphatic heterocycles. The lowest BCUT2D eigenvalue weighted by Gasteiger charge is -2.47. The van der Waals surface area contributed by atoms with Crippen LogP contribution in [0.2, 0.25) is 0 Å². The van der Waals surface area contributed by atoms with Gasteiger partial charge in [0.1, 0.15) is 6.26 Å². The van der Waals surface area contributed by atoms with Crippen LogP contribution in [0, 0.1) is 5.92 Å². The van der Waals surface area contributed by atoms with Gasteiger partial charge in [0.15, 0.2) is 5.69 Å². The molecule has 0 aromatic carbocycles. The topological polar surface area (TPSA) is 93.5 Å². The maximum atomic E-state index is 11.9. The second-order valence-corrected chi connectivity index (χ2v) is 4.90. The van der Waals surface area contributed by atoms with Crippen molar-refractivity contribution in [1.82, 2.24) is 15.8 Å². The lowest BCUT2D eigenvalue weighted by molar-refractivity contribution is -0.123. The van der Waals surface area contributed by atoms with Gasteiger partial charge in [0.2, 0.25) is 5.91 Å². The quantitative estimate of drug-likeness (QED) is 0.782. The van der Waals surface area contributed by atoms with Gasteiger partial charge in [-0.25, -0.2) is 0 Å². The number of amides is 2. The Labute approximate surface area is 109 Å². The van der Waals surface area contributed by atoms with Crippen molar-refractivity contribution < 1.29 is 18.8 Å². The summed E-state index contributed by atoms with van der Waals surface area (Å²) in [6.45, 7) is 2.13. The number of nitrogens with one attached hydrogen (secondary N) is 2. The molecule has 4 atom stereocenters. The molecule has 1 aromatic heterocycles. The lowest BCUT2D eigenvalue weighted by atomic mass is 9.71. The number of carbonyl (C=O) groups is 2. The Morgan fingerprint density at radius 3 is 2.89 bits per heavy atom. The van der Waals surface area contributed by atoms with E-state index < -0.39 is 0 Å². The van der Waals surface area contributed by atoms with Crippen LogP contribution in [0.5, 0.6) is 0 Å². The summed E-state index contributed by atoms with van der Waals surface area (Å²) in [4.78, 5) is 23.1. The molecule has 7 nitrogen and oxygen atoms in total. The number of aromatic nitrogens is 1. The van der Waals surface area contributed by atoms with Crippen LogP contribution < -0.4 is 10.6 Å². The zero-order valence-electron chi connectivity index (χ0n) is 10.5. The van der Waals surface area contributed by atoms with E-state index in [-0.39, 0.29) is 41.6 Å². The highest BCUT2D eigenvalue weighted by Crippen LogP contribution is 2.39. The monoisotopic (exact) mass is 265 g/mol. The summed E-state index contributed by atoms with van der Waals surface area (Å²) in [5, 5.41) is 9.31. The summed E-state index contributed by atoms with van der Waals surface area (Å²) in [6, 6.07) is 1.23. The third-order valence-corrected chi connectivity index (χ3v) is 3.72. The number of carbonyl (C=O) groups excluding carboxylic acids is 2.